The Balaban J connectivity index is 0.000000189. The number of hydrogen-bond acceptors (Lipinski definition) is 8. The van der Waals surface area contributed by atoms with E-state index in [4.69, 9.17) is 0 Å². The van der Waals surface area contributed by atoms with Crippen molar-refractivity contribution in [2.24, 2.45) is 11.8 Å². The summed E-state index contributed by atoms with van der Waals surface area (Å²) in [5, 5.41) is 35.8. The number of amides is 2. The van der Waals surface area contributed by atoms with Crippen molar-refractivity contribution in [3.05, 3.63) is 119 Å². The molecule has 4 saturated heterocycles. The highest BCUT2D eigenvalue weighted by atomic mass is 19.1. The van der Waals surface area contributed by atoms with Gasteiger partial charge in [0.05, 0.1) is 12.2 Å². The number of nitrogens with zero attached hydrogens (tertiary/aromatic N) is 6. The van der Waals surface area contributed by atoms with Crippen molar-refractivity contribution in [1.82, 2.24) is 40.0 Å². The molecule has 12 nitrogen and oxygen atoms in total. The molecule has 4 aromatic rings. The molecule has 2 aromatic heterocycles. The molecule has 4 aliphatic heterocycles. The van der Waals surface area contributed by atoms with Gasteiger partial charge >= 0.3 is 0 Å². The van der Waals surface area contributed by atoms with E-state index in [1.807, 2.05) is 35.4 Å². The van der Waals surface area contributed by atoms with Crippen molar-refractivity contribution in [3.63, 3.8) is 0 Å². The van der Waals surface area contributed by atoms with Gasteiger partial charge in [0.2, 0.25) is 11.8 Å². The van der Waals surface area contributed by atoms with Crippen LogP contribution in [0.2, 0.25) is 0 Å². The zero-order valence-electron chi connectivity index (χ0n) is 36.5. The van der Waals surface area contributed by atoms with Gasteiger partial charge in [-0.05, 0) is 144 Å². The van der Waals surface area contributed by atoms with Crippen LogP contribution in [0.3, 0.4) is 0 Å². The molecule has 0 saturated carbocycles. The monoisotopic (exact) mass is 867 g/mol. The third-order valence-corrected chi connectivity index (χ3v) is 13.5. The molecule has 6 heterocycles. The van der Waals surface area contributed by atoms with Crippen LogP contribution in [0.4, 0.5) is 8.78 Å². The lowest BCUT2D eigenvalue weighted by molar-refractivity contribution is -0.128. The van der Waals surface area contributed by atoms with Crippen LogP contribution in [0.25, 0.3) is 12.2 Å². The summed E-state index contributed by atoms with van der Waals surface area (Å²) in [5.74, 6) is 0.0598. The Hall–Kier alpha value is -5.02. The maximum Gasteiger partial charge on any atom is 0.246 e. The number of nitrogens with one attached hydrogen (secondary N) is 2. The van der Waals surface area contributed by atoms with Gasteiger partial charge in [-0.15, -0.1) is 0 Å². The highest BCUT2D eigenvalue weighted by Gasteiger charge is 2.31. The number of carbonyl (C=O) groups is 2. The number of H-pyrrole nitrogens is 2. The molecule has 14 heteroatoms. The van der Waals surface area contributed by atoms with E-state index in [1.54, 1.807) is 17.2 Å². The summed E-state index contributed by atoms with van der Waals surface area (Å²) >= 11 is 0. The summed E-state index contributed by atoms with van der Waals surface area (Å²) in [6.45, 7) is 10.0. The van der Waals surface area contributed by atoms with Crippen molar-refractivity contribution in [2.45, 2.75) is 82.3 Å². The molecule has 0 aliphatic carbocycles. The van der Waals surface area contributed by atoms with Crippen LogP contribution in [-0.4, -0.2) is 140 Å². The van der Waals surface area contributed by atoms with Crippen molar-refractivity contribution in [1.29, 1.82) is 0 Å². The highest BCUT2D eigenvalue weighted by Crippen LogP contribution is 2.30. The quantitative estimate of drug-likeness (QED) is 0.120. The fourth-order valence-electron chi connectivity index (χ4n) is 9.67. The summed E-state index contributed by atoms with van der Waals surface area (Å²) in [5.41, 5.74) is 4.98. The van der Waals surface area contributed by atoms with Gasteiger partial charge in [0.15, 0.2) is 0 Å². The molecular formula is C49H64F2N8O4. The molecule has 0 spiro atoms. The zero-order chi connectivity index (χ0) is 44.1. The van der Waals surface area contributed by atoms with Gasteiger partial charge in [0, 0.05) is 93.1 Å². The van der Waals surface area contributed by atoms with Gasteiger partial charge in [0.25, 0.3) is 0 Å². The number of likely N-dealkylation sites (tertiary alicyclic amines) is 4. The minimum absolute atomic E-state index is 0.0651. The maximum absolute atomic E-state index is 13.3. The third-order valence-electron chi connectivity index (χ3n) is 13.5. The van der Waals surface area contributed by atoms with Crippen molar-refractivity contribution >= 4 is 24.0 Å². The molecule has 4 fully saturated rings. The van der Waals surface area contributed by atoms with Crippen LogP contribution < -0.4 is 0 Å². The zero-order valence-corrected chi connectivity index (χ0v) is 36.5. The molecule has 4 aliphatic rings. The molecule has 4 N–H and O–H groups in total. The van der Waals surface area contributed by atoms with Gasteiger partial charge in [-0.3, -0.25) is 19.8 Å². The predicted octanol–water partition coefficient (Wildman–Crippen LogP) is 6.39. The third kappa shape index (κ3) is 13.5. The number of halogens is 2. The molecule has 0 bridgehead atoms. The predicted molar refractivity (Wildman–Crippen MR) is 240 cm³/mol. The Bertz CT molecular complexity index is 2060. The second kappa shape index (κ2) is 22.6. The minimum Gasteiger partial charge on any atom is -0.392 e. The van der Waals surface area contributed by atoms with Gasteiger partial charge in [0.1, 0.15) is 11.6 Å². The second-order valence-corrected chi connectivity index (χ2v) is 17.9. The lowest BCUT2D eigenvalue weighted by atomic mass is 9.89. The number of aliphatic hydroxyl groups excluding tert-OH is 2. The van der Waals surface area contributed by atoms with E-state index >= 15 is 0 Å². The normalized spacial score (nSPS) is 20.3. The van der Waals surface area contributed by atoms with Crippen molar-refractivity contribution in [2.75, 3.05) is 65.4 Å². The lowest BCUT2D eigenvalue weighted by Crippen LogP contribution is -2.45. The van der Waals surface area contributed by atoms with Gasteiger partial charge in [-0.25, -0.2) is 8.78 Å². The fraction of sp³-hybridized carbons (Fsp3) is 0.510. The highest BCUT2D eigenvalue weighted by molar-refractivity contribution is 5.92. The van der Waals surface area contributed by atoms with E-state index in [0.717, 1.165) is 109 Å². The Morgan fingerprint density at radius 2 is 1.08 bits per heavy atom. The number of aromatic amines is 2. The van der Waals surface area contributed by atoms with Crippen LogP contribution in [0.1, 0.15) is 91.3 Å². The van der Waals surface area contributed by atoms with E-state index < -0.39 is 17.7 Å². The smallest absolute Gasteiger partial charge is 0.246 e. The molecule has 63 heavy (non-hydrogen) atoms. The number of rotatable bonds is 12. The minimum atomic E-state index is -0.669. The van der Waals surface area contributed by atoms with Crippen LogP contribution in [0.5, 0.6) is 0 Å². The summed E-state index contributed by atoms with van der Waals surface area (Å²) in [4.78, 5) is 33.3. The van der Waals surface area contributed by atoms with Crippen molar-refractivity contribution in [3.8, 4) is 0 Å². The molecular weight excluding hydrogens is 803 g/mol. The number of aliphatic hydroxyl groups is 2. The van der Waals surface area contributed by atoms with Gasteiger partial charge < -0.3 is 29.8 Å². The number of carbonyl (C=O) groups excluding carboxylic acids is 2. The fourth-order valence-corrected chi connectivity index (χ4v) is 9.67. The Kier molecular flexibility index (Phi) is 16.5. The largest absolute Gasteiger partial charge is 0.392 e. The molecule has 2 aromatic carbocycles. The lowest BCUT2D eigenvalue weighted by Gasteiger charge is -2.37. The molecule has 2 amide bonds. The van der Waals surface area contributed by atoms with Crippen LogP contribution in [-0.2, 0) is 9.59 Å². The number of benzene rings is 2. The summed E-state index contributed by atoms with van der Waals surface area (Å²) in [7, 11) is 0. The first-order valence-electron chi connectivity index (χ1n) is 22.8. The Labute approximate surface area is 370 Å². The first-order valence-corrected chi connectivity index (χ1v) is 22.8. The maximum atomic E-state index is 13.3. The van der Waals surface area contributed by atoms with E-state index in [1.165, 1.54) is 41.2 Å². The van der Waals surface area contributed by atoms with E-state index in [9.17, 15) is 28.6 Å². The molecule has 0 radical (unpaired) electrons. The van der Waals surface area contributed by atoms with Crippen LogP contribution >= 0.6 is 0 Å². The SMILES string of the molecule is Cc1cccc(/C=C/C(=O)N2CCC(C(O)CN3CCC(c4ccn[nH]4)CC3)CC2)c1.O=C(/C=C/c1cc(F)cc(F)c1)N1CCC(C(O)CN2CCC(c3ccn[nH]3)CC2)CC1. The standard InChI is InChI=1S/C25H34N4O2.C24H30F2N4O2/c1-19-3-2-4-20(17-19)5-6-25(31)29-15-10-22(11-16-29)24(30)18-28-13-8-21(9-14-28)23-7-12-26-27-23;25-20-13-17(14-21(26)15-20)1-2-24(32)30-11-6-19(7-12-30)23(31)16-29-9-4-18(5-10-29)22-3-8-27-28-22/h2-7,12,17,21-22,24,30H,8-11,13-16,18H2,1H3,(H,26,27);1-3,8,13-15,18-19,23,31H,4-7,9-12,16H2,(H,27,28)/b6-5+;2-1+. The number of β-amino-alcohol motifs (C(OH)–C–C–N with tert-alkyl or cyclic N) is 2. The molecule has 338 valence electrons. The van der Waals surface area contributed by atoms with E-state index in [0.29, 0.717) is 37.0 Å². The first-order chi connectivity index (χ1) is 30.6. The number of aromatic nitrogens is 4. The van der Waals surface area contributed by atoms with Gasteiger partial charge in [-0.2, -0.15) is 10.2 Å². The molecule has 2 unspecified atom stereocenters. The summed E-state index contributed by atoms with van der Waals surface area (Å²) in [6, 6.07) is 15.4. The van der Waals surface area contributed by atoms with Crippen LogP contribution in [0.15, 0.2) is 79.1 Å². The number of hydrogen-bond donors (Lipinski definition) is 4. The Morgan fingerprint density at radius 3 is 1.49 bits per heavy atom. The summed E-state index contributed by atoms with van der Waals surface area (Å²) < 4.78 is 26.6. The summed E-state index contributed by atoms with van der Waals surface area (Å²) in [6.07, 6.45) is 16.8. The average molecular weight is 867 g/mol. The van der Waals surface area contributed by atoms with E-state index in [-0.39, 0.29) is 29.8 Å². The molecule has 8 rings (SSSR count). The van der Waals surface area contributed by atoms with E-state index in [2.05, 4.69) is 55.3 Å². The second-order valence-electron chi connectivity index (χ2n) is 17.9. The Morgan fingerprint density at radius 1 is 0.635 bits per heavy atom. The number of aryl methyl sites for hydroxylation is 1. The average Bonchev–Trinajstić information content (AvgIpc) is 4.05. The topological polar surface area (TPSA) is 145 Å². The van der Waals surface area contributed by atoms with Crippen LogP contribution in [0, 0.1) is 30.4 Å². The molecule has 2 atom stereocenters. The number of piperidine rings is 4. The van der Waals surface area contributed by atoms with Crippen molar-refractivity contribution < 1.29 is 28.6 Å². The first kappa shape index (κ1) is 46.0. The van der Waals surface area contributed by atoms with Gasteiger partial charge in [-0.1, -0.05) is 29.8 Å².